The molecule has 0 unspecified atom stereocenters. The number of urea groups is 1. The number of rotatable bonds is 8. The summed E-state index contributed by atoms with van der Waals surface area (Å²) in [5.74, 6) is 0.426. The molecule has 3 amide bonds. The number of carbonyl (C=O) groups is 2. The minimum Gasteiger partial charge on any atom is -0.490 e. The number of hydrogen-bond acceptors (Lipinski definition) is 4. The monoisotopic (exact) mass is 510 g/mol. The second kappa shape index (κ2) is 10.8. The van der Waals surface area contributed by atoms with E-state index in [0.717, 1.165) is 16.7 Å². The zero-order valence-corrected chi connectivity index (χ0v) is 20.8. The van der Waals surface area contributed by atoms with Crippen molar-refractivity contribution in [2.45, 2.75) is 27.0 Å². The van der Waals surface area contributed by atoms with E-state index >= 15 is 0 Å². The Morgan fingerprint density at radius 1 is 0.943 bits per heavy atom. The third kappa shape index (κ3) is 5.96. The fourth-order valence-electron chi connectivity index (χ4n) is 3.57. The molecule has 1 heterocycles. The summed E-state index contributed by atoms with van der Waals surface area (Å²) in [6.45, 7) is 4.69. The molecule has 1 aliphatic rings. The van der Waals surface area contributed by atoms with Crippen molar-refractivity contribution < 1.29 is 19.1 Å². The third-order valence-corrected chi connectivity index (χ3v) is 5.90. The van der Waals surface area contributed by atoms with Gasteiger partial charge in [0.25, 0.3) is 5.91 Å². The van der Waals surface area contributed by atoms with Crippen LogP contribution in [0.5, 0.6) is 11.5 Å². The number of halogens is 2. The molecule has 4 rings (SSSR count). The first-order chi connectivity index (χ1) is 16.8. The molecule has 0 atom stereocenters. The van der Waals surface area contributed by atoms with E-state index in [-0.39, 0.29) is 18.8 Å². The van der Waals surface area contributed by atoms with Gasteiger partial charge in [-0.25, -0.2) is 4.79 Å². The van der Waals surface area contributed by atoms with Crippen LogP contribution in [0, 0.1) is 6.92 Å². The number of ether oxygens (including phenoxy) is 2. The van der Waals surface area contributed by atoms with Crippen LogP contribution in [0.25, 0.3) is 6.08 Å². The van der Waals surface area contributed by atoms with Crippen LogP contribution in [-0.2, 0) is 17.9 Å². The number of benzene rings is 3. The Kier molecular flexibility index (Phi) is 7.63. The van der Waals surface area contributed by atoms with Gasteiger partial charge in [0.1, 0.15) is 12.3 Å². The molecule has 6 nitrogen and oxygen atoms in total. The molecule has 0 radical (unpaired) electrons. The van der Waals surface area contributed by atoms with Crippen molar-refractivity contribution >= 4 is 41.2 Å². The van der Waals surface area contributed by atoms with Crippen molar-refractivity contribution in [3.63, 3.8) is 0 Å². The first-order valence-corrected chi connectivity index (χ1v) is 11.8. The van der Waals surface area contributed by atoms with Gasteiger partial charge in [-0.1, -0.05) is 65.2 Å². The molecular formula is C27H24Cl2N2O4. The summed E-state index contributed by atoms with van der Waals surface area (Å²) in [4.78, 5) is 26.5. The lowest BCUT2D eigenvalue weighted by Gasteiger charge is -2.15. The van der Waals surface area contributed by atoms with Gasteiger partial charge >= 0.3 is 6.03 Å². The molecule has 3 aromatic carbocycles. The van der Waals surface area contributed by atoms with E-state index in [2.05, 4.69) is 5.32 Å². The van der Waals surface area contributed by atoms with E-state index in [1.54, 1.807) is 30.3 Å². The molecule has 0 aliphatic carbocycles. The van der Waals surface area contributed by atoms with Crippen LogP contribution in [0.4, 0.5) is 4.79 Å². The lowest BCUT2D eigenvalue weighted by atomic mass is 10.1. The number of amides is 3. The molecule has 3 aromatic rings. The van der Waals surface area contributed by atoms with Crippen molar-refractivity contribution in [1.29, 1.82) is 0 Å². The van der Waals surface area contributed by atoms with E-state index in [1.165, 1.54) is 4.90 Å². The number of imide groups is 1. The second-order valence-corrected chi connectivity index (χ2v) is 8.89. The number of hydrogen-bond donors (Lipinski definition) is 1. The molecule has 1 saturated heterocycles. The summed E-state index contributed by atoms with van der Waals surface area (Å²) in [5, 5.41) is 3.61. The Morgan fingerprint density at radius 3 is 2.31 bits per heavy atom. The number of nitrogens with one attached hydrogen (secondary N) is 1. The summed E-state index contributed by atoms with van der Waals surface area (Å²) in [7, 11) is 0. The van der Waals surface area contributed by atoms with Gasteiger partial charge in [-0.3, -0.25) is 9.69 Å². The van der Waals surface area contributed by atoms with Gasteiger partial charge in [0.05, 0.1) is 18.2 Å². The van der Waals surface area contributed by atoms with Crippen LogP contribution in [0.3, 0.4) is 0 Å². The highest BCUT2D eigenvalue weighted by Crippen LogP contribution is 2.38. The summed E-state index contributed by atoms with van der Waals surface area (Å²) in [6.07, 6.45) is 1.58. The van der Waals surface area contributed by atoms with E-state index < -0.39 is 11.9 Å². The molecule has 1 N–H and O–H groups in total. The Hall–Kier alpha value is -3.48. The molecule has 0 saturated carbocycles. The minimum absolute atomic E-state index is 0.162. The Labute approximate surface area is 214 Å². The average Bonchev–Trinajstić information content (AvgIpc) is 3.08. The lowest BCUT2D eigenvalue weighted by Crippen LogP contribution is -2.30. The van der Waals surface area contributed by atoms with E-state index in [1.807, 2.05) is 50.2 Å². The third-order valence-electron chi connectivity index (χ3n) is 5.36. The summed E-state index contributed by atoms with van der Waals surface area (Å²) in [6, 6.07) is 17.9. The smallest absolute Gasteiger partial charge is 0.329 e. The standard InChI is InChI=1S/C27H24Cl2N2O4/c1-3-34-24-14-20(12-22(29)25(24)35-16-19-8-10-21(28)11-9-19)13-23-26(32)31(27(33)30-23)15-18-6-4-17(2)5-7-18/h4-14H,3,15-16H2,1-2H3,(H,30,33)/b23-13+. The summed E-state index contributed by atoms with van der Waals surface area (Å²) in [5.41, 5.74) is 3.65. The Morgan fingerprint density at radius 2 is 1.63 bits per heavy atom. The van der Waals surface area contributed by atoms with Crippen LogP contribution >= 0.6 is 23.2 Å². The minimum atomic E-state index is -0.471. The number of carbonyl (C=O) groups excluding carboxylic acids is 2. The molecule has 0 bridgehead atoms. The topological polar surface area (TPSA) is 67.9 Å². The van der Waals surface area contributed by atoms with E-state index in [0.29, 0.717) is 33.7 Å². The number of nitrogens with zero attached hydrogens (tertiary/aromatic N) is 1. The summed E-state index contributed by atoms with van der Waals surface area (Å²) < 4.78 is 11.7. The molecule has 1 aliphatic heterocycles. The fourth-order valence-corrected chi connectivity index (χ4v) is 3.97. The van der Waals surface area contributed by atoms with Gasteiger partial charge < -0.3 is 14.8 Å². The largest absolute Gasteiger partial charge is 0.490 e. The highest BCUT2D eigenvalue weighted by atomic mass is 35.5. The first kappa shape index (κ1) is 24.6. The maximum Gasteiger partial charge on any atom is 0.329 e. The Bertz CT molecular complexity index is 1270. The van der Waals surface area contributed by atoms with Gasteiger partial charge in [-0.15, -0.1) is 0 Å². The molecule has 8 heteroatoms. The van der Waals surface area contributed by atoms with Gasteiger partial charge in [-0.05, 0) is 60.9 Å². The predicted octanol–water partition coefficient (Wildman–Crippen LogP) is 6.37. The number of aryl methyl sites for hydroxylation is 1. The van der Waals surface area contributed by atoms with Gasteiger partial charge in [0.2, 0.25) is 0 Å². The van der Waals surface area contributed by atoms with Crippen LogP contribution in [0.1, 0.15) is 29.2 Å². The molecule has 0 spiro atoms. The highest BCUT2D eigenvalue weighted by molar-refractivity contribution is 6.32. The lowest BCUT2D eigenvalue weighted by molar-refractivity contribution is -0.123. The van der Waals surface area contributed by atoms with Gasteiger partial charge in [0.15, 0.2) is 11.5 Å². The predicted molar refractivity (Wildman–Crippen MR) is 137 cm³/mol. The first-order valence-electron chi connectivity index (χ1n) is 11.1. The van der Waals surface area contributed by atoms with Gasteiger partial charge in [-0.2, -0.15) is 0 Å². The zero-order valence-electron chi connectivity index (χ0n) is 19.3. The molecule has 0 aromatic heterocycles. The average molecular weight is 511 g/mol. The van der Waals surface area contributed by atoms with Crippen molar-refractivity contribution in [1.82, 2.24) is 10.2 Å². The molecular weight excluding hydrogens is 487 g/mol. The Balaban J connectivity index is 1.54. The van der Waals surface area contributed by atoms with Crippen molar-refractivity contribution in [3.05, 3.63) is 98.7 Å². The summed E-state index contributed by atoms with van der Waals surface area (Å²) >= 11 is 12.5. The normalized spacial score (nSPS) is 14.4. The van der Waals surface area contributed by atoms with Crippen LogP contribution < -0.4 is 14.8 Å². The van der Waals surface area contributed by atoms with Crippen molar-refractivity contribution in [3.8, 4) is 11.5 Å². The van der Waals surface area contributed by atoms with Crippen molar-refractivity contribution in [2.75, 3.05) is 6.61 Å². The molecule has 1 fully saturated rings. The van der Waals surface area contributed by atoms with E-state index in [9.17, 15) is 9.59 Å². The van der Waals surface area contributed by atoms with Crippen molar-refractivity contribution in [2.24, 2.45) is 0 Å². The van der Waals surface area contributed by atoms with Crippen LogP contribution in [0.15, 0.2) is 66.4 Å². The van der Waals surface area contributed by atoms with E-state index in [4.69, 9.17) is 32.7 Å². The second-order valence-electron chi connectivity index (χ2n) is 8.04. The van der Waals surface area contributed by atoms with Crippen LogP contribution in [0.2, 0.25) is 10.0 Å². The zero-order chi connectivity index (χ0) is 24.9. The highest BCUT2D eigenvalue weighted by Gasteiger charge is 2.33. The molecule has 180 valence electrons. The quantitative estimate of drug-likeness (QED) is 0.282. The SMILES string of the molecule is CCOc1cc(/C=C2/NC(=O)N(Cc3ccc(C)cc3)C2=O)cc(Cl)c1OCc1ccc(Cl)cc1. The molecule has 35 heavy (non-hydrogen) atoms. The van der Waals surface area contributed by atoms with Gasteiger partial charge in [0, 0.05) is 5.02 Å². The van der Waals surface area contributed by atoms with Crippen LogP contribution in [-0.4, -0.2) is 23.4 Å². The fraction of sp³-hybridized carbons (Fsp3) is 0.185. The maximum atomic E-state index is 12.9. The maximum absolute atomic E-state index is 12.9.